The molecule has 0 aliphatic rings. The van der Waals surface area contributed by atoms with Crippen molar-refractivity contribution in [1.29, 1.82) is 0 Å². The molecule has 0 fully saturated rings. The third kappa shape index (κ3) is 2.83. The Kier molecular flexibility index (Phi) is 4.01. The molecule has 4 N–H and O–H groups in total. The van der Waals surface area contributed by atoms with E-state index in [1.54, 1.807) is 12.1 Å². The first-order valence-electron chi connectivity index (χ1n) is 5.75. The fraction of sp³-hybridized carbons (Fsp3) is 0.357. The molecule has 0 spiro atoms. The zero-order valence-corrected chi connectivity index (χ0v) is 11.1. The van der Waals surface area contributed by atoms with E-state index >= 15 is 0 Å². The maximum Gasteiger partial charge on any atom is 0.338 e. The number of rotatable bonds is 3. The summed E-state index contributed by atoms with van der Waals surface area (Å²) in [5.74, 6) is -0.411. The number of anilines is 2. The predicted octanol–water partition coefficient (Wildman–Crippen LogP) is 2.49. The van der Waals surface area contributed by atoms with Crippen LogP contribution in [0.2, 0.25) is 0 Å². The van der Waals surface area contributed by atoms with Crippen LogP contribution in [-0.4, -0.2) is 12.6 Å². The third-order valence-electron chi connectivity index (χ3n) is 2.58. The van der Waals surface area contributed by atoms with Crippen LogP contribution in [0.5, 0.6) is 0 Å². The molecule has 0 radical (unpaired) electrons. The summed E-state index contributed by atoms with van der Waals surface area (Å²) in [6.45, 7) is 9.60. The minimum absolute atomic E-state index is 0.173. The number of carbonyl (C=O) groups is 1. The van der Waals surface area contributed by atoms with Crippen molar-refractivity contribution in [3.63, 3.8) is 0 Å². The molecule has 0 bridgehead atoms. The maximum atomic E-state index is 12.0. The molecule has 0 aromatic heterocycles. The molecular weight excluding hydrogens is 228 g/mol. The Bertz CT molecular complexity index is 473. The van der Waals surface area contributed by atoms with Gasteiger partial charge in [-0.2, -0.15) is 0 Å². The Morgan fingerprint density at radius 2 is 2.00 bits per heavy atom. The molecule has 0 saturated carbocycles. The van der Waals surface area contributed by atoms with Gasteiger partial charge >= 0.3 is 5.97 Å². The van der Waals surface area contributed by atoms with Gasteiger partial charge in [0.25, 0.3) is 0 Å². The van der Waals surface area contributed by atoms with Gasteiger partial charge in [0.05, 0.1) is 16.9 Å². The van der Waals surface area contributed by atoms with Crippen LogP contribution in [0.1, 0.15) is 36.7 Å². The SMILES string of the molecule is C=CCOC(=O)c1ccc(N)c(N)c1C(C)(C)C. The highest BCUT2D eigenvalue weighted by Gasteiger charge is 2.26. The smallest absolute Gasteiger partial charge is 0.338 e. The number of hydrogen-bond donors (Lipinski definition) is 2. The normalized spacial score (nSPS) is 11.1. The Balaban J connectivity index is 3.32. The van der Waals surface area contributed by atoms with Gasteiger partial charge in [-0.25, -0.2) is 4.79 Å². The van der Waals surface area contributed by atoms with Crippen molar-refractivity contribution in [1.82, 2.24) is 0 Å². The first kappa shape index (κ1) is 14.1. The van der Waals surface area contributed by atoms with E-state index in [0.717, 1.165) is 5.56 Å². The van der Waals surface area contributed by atoms with E-state index in [-0.39, 0.29) is 12.0 Å². The Labute approximate surface area is 108 Å². The van der Waals surface area contributed by atoms with Crippen molar-refractivity contribution in [2.24, 2.45) is 0 Å². The molecule has 4 heteroatoms. The molecule has 1 rings (SSSR count). The van der Waals surface area contributed by atoms with Crippen molar-refractivity contribution in [3.8, 4) is 0 Å². The van der Waals surface area contributed by atoms with Gasteiger partial charge in [-0.15, -0.1) is 0 Å². The fourth-order valence-corrected chi connectivity index (χ4v) is 1.83. The number of esters is 1. The average Bonchev–Trinajstić information content (AvgIpc) is 2.27. The number of hydrogen-bond acceptors (Lipinski definition) is 4. The second kappa shape index (κ2) is 5.12. The van der Waals surface area contributed by atoms with Crippen molar-refractivity contribution >= 4 is 17.3 Å². The lowest BCUT2D eigenvalue weighted by molar-refractivity contribution is 0.0547. The monoisotopic (exact) mass is 248 g/mol. The highest BCUT2D eigenvalue weighted by molar-refractivity contribution is 5.95. The molecule has 0 heterocycles. The van der Waals surface area contributed by atoms with Crippen LogP contribution in [0.3, 0.4) is 0 Å². The van der Waals surface area contributed by atoms with Gasteiger partial charge in [-0.1, -0.05) is 33.4 Å². The van der Waals surface area contributed by atoms with Crippen molar-refractivity contribution < 1.29 is 9.53 Å². The van der Waals surface area contributed by atoms with Gasteiger partial charge in [0, 0.05) is 0 Å². The molecule has 0 saturated heterocycles. The molecule has 0 unspecified atom stereocenters. The quantitative estimate of drug-likeness (QED) is 0.489. The van der Waals surface area contributed by atoms with E-state index in [2.05, 4.69) is 6.58 Å². The number of nitrogens with two attached hydrogens (primary N) is 2. The van der Waals surface area contributed by atoms with Gasteiger partial charge in [-0.05, 0) is 23.1 Å². The molecule has 1 aromatic rings. The van der Waals surface area contributed by atoms with Crippen LogP contribution in [-0.2, 0) is 10.2 Å². The Hall–Kier alpha value is -1.97. The Morgan fingerprint density at radius 3 is 2.50 bits per heavy atom. The van der Waals surface area contributed by atoms with Crippen molar-refractivity contribution in [2.45, 2.75) is 26.2 Å². The van der Waals surface area contributed by atoms with E-state index in [1.165, 1.54) is 6.08 Å². The van der Waals surface area contributed by atoms with E-state index in [9.17, 15) is 4.79 Å². The lowest BCUT2D eigenvalue weighted by atomic mass is 9.82. The summed E-state index contributed by atoms with van der Waals surface area (Å²) in [6.07, 6.45) is 1.52. The molecule has 0 atom stereocenters. The minimum atomic E-state index is -0.411. The molecule has 0 aliphatic heterocycles. The van der Waals surface area contributed by atoms with Gasteiger partial charge in [0.1, 0.15) is 6.61 Å². The number of ether oxygens (including phenoxy) is 1. The first-order valence-corrected chi connectivity index (χ1v) is 5.75. The van der Waals surface area contributed by atoms with Crippen LogP contribution in [0.25, 0.3) is 0 Å². The van der Waals surface area contributed by atoms with Gasteiger partial charge in [-0.3, -0.25) is 0 Å². The molecule has 18 heavy (non-hydrogen) atoms. The van der Waals surface area contributed by atoms with Crippen molar-refractivity contribution in [2.75, 3.05) is 18.1 Å². The maximum absolute atomic E-state index is 12.0. The van der Waals surface area contributed by atoms with Crippen LogP contribution in [0, 0.1) is 0 Å². The second-order valence-electron chi connectivity index (χ2n) is 5.13. The van der Waals surface area contributed by atoms with E-state index in [4.69, 9.17) is 16.2 Å². The topological polar surface area (TPSA) is 78.3 Å². The van der Waals surface area contributed by atoms with Crippen molar-refractivity contribution in [3.05, 3.63) is 35.9 Å². The summed E-state index contributed by atoms with van der Waals surface area (Å²) < 4.78 is 5.05. The minimum Gasteiger partial charge on any atom is -0.458 e. The van der Waals surface area contributed by atoms with Gasteiger partial charge in [0.15, 0.2) is 0 Å². The molecule has 98 valence electrons. The van der Waals surface area contributed by atoms with Crippen LogP contribution < -0.4 is 11.5 Å². The lowest BCUT2D eigenvalue weighted by Gasteiger charge is -2.25. The summed E-state index contributed by atoms with van der Waals surface area (Å²) in [6, 6.07) is 3.27. The average molecular weight is 248 g/mol. The highest BCUT2D eigenvalue weighted by Crippen LogP contribution is 2.34. The highest BCUT2D eigenvalue weighted by atomic mass is 16.5. The molecule has 4 nitrogen and oxygen atoms in total. The van der Waals surface area contributed by atoms with Crippen LogP contribution in [0.15, 0.2) is 24.8 Å². The second-order valence-corrected chi connectivity index (χ2v) is 5.13. The fourth-order valence-electron chi connectivity index (χ4n) is 1.83. The summed E-state index contributed by atoms with van der Waals surface area (Å²) in [4.78, 5) is 12.0. The number of carbonyl (C=O) groups excluding carboxylic acids is 1. The molecular formula is C14H20N2O2. The van der Waals surface area contributed by atoms with Gasteiger partial charge < -0.3 is 16.2 Å². The summed E-state index contributed by atoms with van der Waals surface area (Å²) in [7, 11) is 0. The van der Waals surface area contributed by atoms with Gasteiger partial charge in [0.2, 0.25) is 0 Å². The largest absolute Gasteiger partial charge is 0.458 e. The van der Waals surface area contributed by atoms with Crippen LogP contribution >= 0.6 is 0 Å². The predicted molar refractivity (Wildman–Crippen MR) is 74.4 cm³/mol. The van der Waals surface area contributed by atoms with E-state index in [1.807, 2.05) is 20.8 Å². The lowest BCUT2D eigenvalue weighted by Crippen LogP contribution is -2.21. The standard InChI is InChI=1S/C14H20N2O2/c1-5-8-18-13(17)9-6-7-10(15)12(16)11(9)14(2,3)4/h5-7H,1,8,15-16H2,2-4H3. The number of nitrogen functional groups attached to an aromatic ring is 2. The van der Waals surface area contributed by atoms with E-state index < -0.39 is 5.97 Å². The summed E-state index contributed by atoms with van der Waals surface area (Å²) in [5, 5.41) is 0. The molecule has 1 aromatic carbocycles. The Morgan fingerprint density at radius 1 is 1.39 bits per heavy atom. The third-order valence-corrected chi connectivity index (χ3v) is 2.58. The first-order chi connectivity index (χ1) is 8.29. The zero-order valence-electron chi connectivity index (χ0n) is 11.1. The van der Waals surface area contributed by atoms with E-state index in [0.29, 0.717) is 16.9 Å². The number of benzene rings is 1. The zero-order chi connectivity index (χ0) is 13.9. The van der Waals surface area contributed by atoms with Crippen LogP contribution in [0.4, 0.5) is 11.4 Å². The molecule has 0 amide bonds. The molecule has 0 aliphatic carbocycles. The summed E-state index contributed by atoms with van der Waals surface area (Å²) >= 11 is 0. The summed E-state index contributed by atoms with van der Waals surface area (Å²) in [5.41, 5.74) is 13.6.